The van der Waals surface area contributed by atoms with Gasteiger partial charge in [0.25, 0.3) is 0 Å². The van der Waals surface area contributed by atoms with E-state index in [0.29, 0.717) is 59.2 Å². The molecule has 3 aromatic rings. The van der Waals surface area contributed by atoms with Crippen LogP contribution in [-0.4, -0.2) is 130 Å². The number of aliphatic hydroxyl groups is 4. The van der Waals surface area contributed by atoms with Gasteiger partial charge in [0.05, 0.1) is 48.4 Å². The maximum Gasteiger partial charge on any atom is 0.201 e. The summed E-state index contributed by atoms with van der Waals surface area (Å²) >= 11 is 0. The molecule has 0 radical (unpaired) electrons. The van der Waals surface area contributed by atoms with Crippen molar-refractivity contribution in [3.05, 3.63) is 87.5 Å². The molecule has 17 nitrogen and oxygen atoms in total. The van der Waals surface area contributed by atoms with E-state index in [1.54, 1.807) is 41.7 Å². The van der Waals surface area contributed by atoms with Crippen LogP contribution in [0.1, 0.15) is 168 Å². The van der Waals surface area contributed by atoms with E-state index in [4.69, 9.17) is 29.7 Å². The van der Waals surface area contributed by atoms with Crippen LogP contribution in [0.5, 0.6) is 28.7 Å². The number of hydrogen-bond acceptors (Lipinski definition) is 19. The van der Waals surface area contributed by atoms with E-state index in [1.165, 1.54) is 11.6 Å². The Morgan fingerprint density at radius 1 is 0.915 bits per heavy atom. The molecule has 0 amide bonds. The van der Waals surface area contributed by atoms with Gasteiger partial charge in [0.15, 0.2) is 35.8 Å². The molecule has 3 aromatic carbocycles. The van der Waals surface area contributed by atoms with Crippen LogP contribution in [0.15, 0.2) is 53.5 Å². The molecule has 15 atom stereocenters. The Labute approximate surface area is 562 Å². The van der Waals surface area contributed by atoms with Gasteiger partial charge >= 0.3 is 0 Å². The summed E-state index contributed by atoms with van der Waals surface area (Å²) < 4.78 is 26.4. The van der Waals surface area contributed by atoms with E-state index >= 15 is 0 Å². The molecule has 4 fully saturated rings. The Balaban J connectivity index is 1.00. The third-order valence-corrected chi connectivity index (χ3v) is 26.9. The normalized spacial score (nSPS) is 34.6. The number of aliphatic imine (C=N–C) groups is 1. The number of nitrogens with zero attached hydrogens (tertiary/aromatic N) is 1. The van der Waals surface area contributed by atoms with Crippen molar-refractivity contribution in [3.8, 4) is 52.4 Å². The van der Waals surface area contributed by atoms with Crippen molar-refractivity contribution in [2.75, 3.05) is 45.3 Å². The first-order valence-corrected chi connectivity index (χ1v) is 37.2. The van der Waals surface area contributed by atoms with E-state index in [1.807, 2.05) is 12.1 Å². The van der Waals surface area contributed by atoms with Crippen molar-refractivity contribution in [2.45, 2.75) is 198 Å². The predicted molar refractivity (Wildman–Crippen MR) is 364 cm³/mol. The molecular weight excluding hydrogens is 1230 g/mol. The van der Waals surface area contributed by atoms with Crippen LogP contribution in [0, 0.1) is 80.8 Å². The number of carbonyl (C=O) groups excluding carboxylic acids is 2. The van der Waals surface area contributed by atoms with Gasteiger partial charge in [-0.2, -0.15) is 0 Å². The zero-order valence-corrected chi connectivity index (χ0v) is 56.7. The number of nitrogens with two attached hydrogens (primary N) is 1. The standard InChI is InChI=1S/C75H97N5O12S2/c1-44(2)63-38-94-93-37-60-59-32-58-47-11-15-53(85)30-52(84)14-10-46-13-17-64(87)67(91-43-82)55(46)9-7-8-48(28-47)66(68(58)92-69(59)88)90-42-78-75-41-74(26-19-51(75)29-57(65(36-81)89-4)50-18-25-72(75,34-50)27-21-62(60)79-70(76)80-63)40-71(39-73(74)22-5-6-23-73)24-20-61(77-35-45(3)83)56-31-54(86)16-12-49(56)33-71/h12-13,16-18,25,28,31,44,50-51,53,57,59-63,65,69,77-78,81-82,85-88H,5-6,8,10-11,14-15,19-20,22-24,26,29-30,32-43H2,1-4H3,(H3,76,79,80). The minimum Gasteiger partial charge on any atom is -0.508 e. The Hall–Kier alpha value is -5.45. The molecule has 4 saturated carbocycles. The smallest absolute Gasteiger partial charge is 0.201 e. The molecule has 11 N–H and O–H groups in total. The zero-order valence-electron chi connectivity index (χ0n) is 55.1. The minimum atomic E-state index is -1.32. The fourth-order valence-corrected chi connectivity index (χ4v) is 22.8. The van der Waals surface area contributed by atoms with Gasteiger partial charge in [0, 0.05) is 72.4 Å². The summed E-state index contributed by atoms with van der Waals surface area (Å²) in [6.45, 7) is 5.42. The van der Waals surface area contributed by atoms with Crippen LogP contribution in [0.4, 0.5) is 0 Å². The number of Topliss-reactive ketones (excluding diaryl/α,β-unsaturated/α-hetero) is 2. The second kappa shape index (κ2) is 27.5. The highest BCUT2D eigenvalue weighted by Crippen LogP contribution is 2.77. The molecule has 4 aliphatic heterocycles. The van der Waals surface area contributed by atoms with Gasteiger partial charge in [-0.05, 0) is 190 Å². The van der Waals surface area contributed by atoms with Gasteiger partial charge < -0.3 is 66.0 Å². The van der Waals surface area contributed by atoms with Crippen LogP contribution in [0.25, 0.3) is 0 Å². The first-order valence-electron chi connectivity index (χ1n) is 34.7. The quantitative estimate of drug-likeness (QED) is 0.0414. The molecule has 14 rings (SSSR count). The highest BCUT2D eigenvalue weighted by molar-refractivity contribution is 8.76. The number of allylic oxidation sites excluding steroid dienone is 1. The third kappa shape index (κ3) is 12.7. The highest BCUT2D eigenvalue weighted by Gasteiger charge is 2.71. The fraction of sp³-hybridized carbons (Fsp3) is 0.640. The van der Waals surface area contributed by atoms with E-state index < -0.39 is 48.2 Å². The number of methoxy groups -OCH3 is 1. The monoisotopic (exact) mass is 1320 g/mol. The predicted octanol–water partition coefficient (Wildman–Crippen LogP) is 9.05. The average molecular weight is 1320 g/mol. The number of aliphatic hydroxyl groups excluding tert-OH is 4. The number of hydrogen-bond donors (Lipinski definition) is 10. The maximum absolute atomic E-state index is 13.7. The fourth-order valence-electron chi connectivity index (χ4n) is 20.0. The van der Waals surface area contributed by atoms with Crippen molar-refractivity contribution in [1.82, 2.24) is 16.0 Å². The van der Waals surface area contributed by atoms with Crippen LogP contribution < -0.4 is 35.9 Å². The molecule has 94 heavy (non-hydrogen) atoms. The number of carbonyl (C=O) groups is 2. The molecule has 19 heteroatoms. The van der Waals surface area contributed by atoms with Crippen molar-refractivity contribution in [3.63, 3.8) is 0 Å². The zero-order chi connectivity index (χ0) is 65.7. The summed E-state index contributed by atoms with van der Waals surface area (Å²) in [4.78, 5) is 31.4. The topological polar surface area (TPSA) is 267 Å². The van der Waals surface area contributed by atoms with E-state index in [9.17, 15) is 40.2 Å². The number of rotatable bonds is 9. The largest absolute Gasteiger partial charge is 0.508 e. The summed E-state index contributed by atoms with van der Waals surface area (Å²) in [5.74, 6) is 16.8. The van der Waals surface area contributed by atoms with Gasteiger partial charge in [-0.25, -0.2) is 4.99 Å². The number of phenolic OH excluding ortho intramolecular Hbond substituents is 2. The Bertz CT molecular complexity index is 3550. The minimum absolute atomic E-state index is 0.00953. The van der Waals surface area contributed by atoms with Crippen molar-refractivity contribution in [2.24, 2.45) is 67.9 Å². The second-order valence-electron chi connectivity index (χ2n) is 30.1. The van der Waals surface area contributed by atoms with Gasteiger partial charge in [0.2, 0.25) is 6.29 Å². The molecule has 5 spiro atoms. The summed E-state index contributed by atoms with van der Waals surface area (Å²) in [6.07, 6.45) is 17.2. The van der Waals surface area contributed by atoms with Gasteiger partial charge in [-0.15, -0.1) is 0 Å². The first-order chi connectivity index (χ1) is 45.3. The SMILES string of the molecule is COC(CO)C1CC2CCC3(CC4(CCC(NCC(C)=O)c5cc(O)ccc5C4)CC34CCCC4)CC23NCOc2c4cc(c5c2OC(O)C(C5)C2CSSCC(C(C)C)N=C(N)NC2C#CC32C=CC1C2)CCC(O)CC(=O)CCc1ccc(O)c(OCO)c1C#CC4. The highest BCUT2D eigenvalue weighted by atomic mass is 33.1. The lowest BCUT2D eigenvalue weighted by Gasteiger charge is -2.61. The van der Waals surface area contributed by atoms with Crippen LogP contribution >= 0.6 is 21.6 Å². The second-order valence-corrected chi connectivity index (χ2v) is 32.6. The van der Waals surface area contributed by atoms with Crippen LogP contribution in [0.2, 0.25) is 0 Å². The summed E-state index contributed by atoms with van der Waals surface area (Å²) in [7, 11) is 5.24. The molecule has 7 aliphatic carbocycles. The number of nitrogens with one attached hydrogen (secondary N) is 3. The molecule has 8 bridgehead atoms. The average Bonchev–Trinajstić information content (AvgIpc) is 1.49. The molecule has 15 unspecified atom stereocenters. The molecule has 11 aliphatic rings. The number of fused-ring (bicyclic) bond motifs is 9. The number of phenols is 2. The van der Waals surface area contributed by atoms with Gasteiger partial charge in [-0.3, -0.25) is 14.9 Å². The van der Waals surface area contributed by atoms with Crippen LogP contribution in [-0.2, 0) is 46.4 Å². The lowest BCUT2D eigenvalue weighted by molar-refractivity contribution is -0.121. The third-order valence-electron chi connectivity index (χ3n) is 24.4. The van der Waals surface area contributed by atoms with Gasteiger partial charge in [0.1, 0.15) is 24.0 Å². The van der Waals surface area contributed by atoms with E-state index in [-0.39, 0.29) is 139 Å². The van der Waals surface area contributed by atoms with E-state index in [2.05, 4.69) is 77.8 Å². The maximum atomic E-state index is 13.7. The number of ether oxygens (including phenoxy) is 4. The number of aromatic hydroxyl groups is 2. The Morgan fingerprint density at radius 3 is 2.51 bits per heavy atom. The lowest BCUT2D eigenvalue weighted by atomic mass is 9.46. The molecule has 506 valence electrons. The number of guanidine groups is 1. The Morgan fingerprint density at radius 2 is 1.72 bits per heavy atom. The summed E-state index contributed by atoms with van der Waals surface area (Å²) in [5.41, 5.74) is 11.1. The molecule has 4 heterocycles. The number of ketones is 2. The van der Waals surface area contributed by atoms with Crippen LogP contribution in [0.3, 0.4) is 0 Å². The number of aryl methyl sites for hydroxylation is 2. The molecular formula is C75H97N5O12S2. The van der Waals surface area contributed by atoms with E-state index in [0.717, 1.165) is 106 Å². The number of benzene rings is 3. The van der Waals surface area contributed by atoms with Crippen molar-refractivity contribution in [1.29, 1.82) is 0 Å². The van der Waals surface area contributed by atoms with Gasteiger partial charge in [-0.1, -0.05) is 102 Å². The summed E-state index contributed by atoms with van der Waals surface area (Å²) in [5, 5.41) is 79.8. The van der Waals surface area contributed by atoms with Crippen molar-refractivity contribution < 1.29 is 59.2 Å². The first kappa shape index (κ1) is 67.1. The Kier molecular flexibility index (Phi) is 19.6. The molecule has 0 saturated heterocycles. The molecule has 0 aromatic heterocycles. The summed E-state index contributed by atoms with van der Waals surface area (Å²) in [6, 6.07) is 10.4. The lowest BCUT2D eigenvalue weighted by Crippen LogP contribution is -2.67. The van der Waals surface area contributed by atoms with Crippen molar-refractivity contribution >= 4 is 39.1 Å².